The zero-order chi connectivity index (χ0) is 17.9. The lowest BCUT2D eigenvalue weighted by Crippen LogP contribution is -2.14. The maximum Gasteiger partial charge on any atom is 0.305 e. The number of hydrogen-bond acceptors (Lipinski definition) is 4. The van der Waals surface area contributed by atoms with Crippen molar-refractivity contribution in [2.75, 3.05) is 13.2 Å². The van der Waals surface area contributed by atoms with Crippen LogP contribution in [0.3, 0.4) is 0 Å². The number of carbonyl (C=O) groups excluding carboxylic acids is 2. The highest BCUT2D eigenvalue weighted by Gasteiger charge is 2.15. The summed E-state index contributed by atoms with van der Waals surface area (Å²) in [5, 5.41) is 0. The van der Waals surface area contributed by atoms with Crippen LogP contribution in [0, 0.1) is 17.3 Å². The fourth-order valence-electron chi connectivity index (χ4n) is 2.46. The van der Waals surface area contributed by atoms with Gasteiger partial charge in [-0.2, -0.15) is 0 Å². The van der Waals surface area contributed by atoms with Crippen LogP contribution in [-0.4, -0.2) is 25.2 Å². The minimum atomic E-state index is -0.178. The molecule has 0 saturated heterocycles. The summed E-state index contributed by atoms with van der Waals surface area (Å²) in [7, 11) is 0. The van der Waals surface area contributed by atoms with E-state index >= 15 is 0 Å². The van der Waals surface area contributed by atoms with Gasteiger partial charge in [0.1, 0.15) is 0 Å². The molecule has 0 fully saturated rings. The summed E-state index contributed by atoms with van der Waals surface area (Å²) in [5.41, 5.74) is 0.313. The molecule has 0 aliphatic heterocycles. The average molecular weight is 328 g/mol. The van der Waals surface area contributed by atoms with Gasteiger partial charge < -0.3 is 9.47 Å². The van der Waals surface area contributed by atoms with Crippen molar-refractivity contribution < 1.29 is 19.1 Å². The Labute approximate surface area is 142 Å². The average Bonchev–Trinajstić information content (AvgIpc) is 2.39. The van der Waals surface area contributed by atoms with Crippen LogP contribution in [0.15, 0.2) is 0 Å². The zero-order valence-electron chi connectivity index (χ0n) is 15.9. The van der Waals surface area contributed by atoms with E-state index in [1.54, 1.807) is 0 Å². The molecule has 0 aromatic heterocycles. The monoisotopic (exact) mass is 328 g/mol. The highest BCUT2D eigenvalue weighted by atomic mass is 16.5. The zero-order valence-corrected chi connectivity index (χ0v) is 15.9. The predicted octanol–water partition coefficient (Wildman–Crippen LogP) is 4.75. The van der Waals surface area contributed by atoms with Crippen LogP contribution in [-0.2, 0) is 19.1 Å². The summed E-state index contributed by atoms with van der Waals surface area (Å²) < 4.78 is 10.3. The Kier molecular flexibility index (Phi) is 10.9. The molecule has 4 heteroatoms. The molecule has 0 spiro atoms. The highest BCUT2D eigenvalue weighted by Crippen LogP contribution is 2.25. The van der Waals surface area contributed by atoms with Crippen molar-refractivity contribution in [2.24, 2.45) is 17.3 Å². The Balaban J connectivity index is 3.59. The van der Waals surface area contributed by atoms with E-state index in [0.29, 0.717) is 56.1 Å². The van der Waals surface area contributed by atoms with Crippen LogP contribution >= 0.6 is 0 Å². The molecule has 0 bridgehead atoms. The molecule has 4 nitrogen and oxygen atoms in total. The maximum atomic E-state index is 11.6. The summed E-state index contributed by atoms with van der Waals surface area (Å²) in [6, 6.07) is 0. The molecule has 0 heterocycles. The summed E-state index contributed by atoms with van der Waals surface area (Å²) in [6.07, 6.45) is 4.14. The fourth-order valence-corrected chi connectivity index (χ4v) is 2.46. The molecule has 0 aliphatic carbocycles. The Morgan fingerprint density at radius 3 is 1.91 bits per heavy atom. The van der Waals surface area contributed by atoms with Crippen LogP contribution in [0.5, 0.6) is 0 Å². The summed E-state index contributed by atoms with van der Waals surface area (Å²) in [6.45, 7) is 13.8. The van der Waals surface area contributed by atoms with E-state index in [1.807, 2.05) is 13.8 Å². The van der Waals surface area contributed by atoms with E-state index in [1.165, 1.54) is 0 Å². The van der Waals surface area contributed by atoms with E-state index in [4.69, 9.17) is 9.47 Å². The molecule has 0 aliphatic rings. The molecule has 23 heavy (non-hydrogen) atoms. The van der Waals surface area contributed by atoms with Gasteiger partial charge in [-0.3, -0.25) is 9.59 Å². The standard InChI is InChI=1S/C19H36O4/c1-15(2)14-23-18(21)10-8-7-9-17(20)22-12-11-16(3)13-19(4,5)6/h15-16H,7-14H2,1-6H3. The van der Waals surface area contributed by atoms with Gasteiger partial charge in [-0.1, -0.05) is 41.5 Å². The first kappa shape index (κ1) is 21.9. The molecule has 0 aromatic carbocycles. The Hall–Kier alpha value is -1.06. The van der Waals surface area contributed by atoms with Crippen LogP contribution < -0.4 is 0 Å². The fraction of sp³-hybridized carbons (Fsp3) is 0.895. The lowest BCUT2D eigenvalue weighted by atomic mass is 9.84. The maximum absolute atomic E-state index is 11.6. The second-order valence-electron chi connectivity index (χ2n) is 8.16. The molecule has 1 unspecified atom stereocenters. The van der Waals surface area contributed by atoms with Crippen LogP contribution in [0.25, 0.3) is 0 Å². The van der Waals surface area contributed by atoms with Crippen LogP contribution in [0.2, 0.25) is 0 Å². The molecule has 0 aromatic rings. The van der Waals surface area contributed by atoms with Gasteiger partial charge in [0.05, 0.1) is 13.2 Å². The Bertz CT molecular complexity index is 342. The number of rotatable bonds is 11. The van der Waals surface area contributed by atoms with E-state index in [9.17, 15) is 9.59 Å². The number of hydrogen-bond donors (Lipinski definition) is 0. The van der Waals surface area contributed by atoms with Gasteiger partial charge in [0.2, 0.25) is 0 Å². The van der Waals surface area contributed by atoms with E-state index in [0.717, 1.165) is 12.8 Å². The third-order valence-corrected chi connectivity index (χ3v) is 3.42. The molecule has 0 N–H and O–H groups in total. The van der Waals surface area contributed by atoms with Gasteiger partial charge in [-0.15, -0.1) is 0 Å². The number of carbonyl (C=O) groups is 2. The number of ether oxygens (including phenoxy) is 2. The molecule has 136 valence electrons. The Morgan fingerprint density at radius 1 is 0.913 bits per heavy atom. The van der Waals surface area contributed by atoms with Gasteiger partial charge in [-0.25, -0.2) is 0 Å². The highest BCUT2D eigenvalue weighted by molar-refractivity contribution is 5.70. The van der Waals surface area contributed by atoms with Crippen molar-refractivity contribution in [1.82, 2.24) is 0 Å². The molecule has 0 saturated carbocycles. The first-order valence-corrected chi connectivity index (χ1v) is 8.91. The normalized spacial score (nSPS) is 13.0. The summed E-state index contributed by atoms with van der Waals surface area (Å²) in [4.78, 5) is 23.0. The van der Waals surface area contributed by atoms with Gasteiger partial charge in [0.15, 0.2) is 0 Å². The van der Waals surface area contributed by atoms with Crippen molar-refractivity contribution in [1.29, 1.82) is 0 Å². The van der Waals surface area contributed by atoms with Crippen molar-refractivity contribution in [3.05, 3.63) is 0 Å². The first-order chi connectivity index (χ1) is 10.6. The van der Waals surface area contributed by atoms with Crippen molar-refractivity contribution >= 4 is 11.9 Å². The first-order valence-electron chi connectivity index (χ1n) is 8.91. The minimum Gasteiger partial charge on any atom is -0.466 e. The molecule has 0 rings (SSSR count). The van der Waals surface area contributed by atoms with Gasteiger partial charge in [0.25, 0.3) is 0 Å². The molecule has 1 atom stereocenters. The topological polar surface area (TPSA) is 52.6 Å². The lowest BCUT2D eigenvalue weighted by molar-refractivity contribution is -0.146. The number of unbranched alkanes of at least 4 members (excludes halogenated alkanes) is 1. The molecule has 0 radical (unpaired) electrons. The largest absolute Gasteiger partial charge is 0.466 e. The van der Waals surface area contributed by atoms with E-state index < -0.39 is 0 Å². The van der Waals surface area contributed by atoms with E-state index in [-0.39, 0.29) is 11.9 Å². The molecular weight excluding hydrogens is 292 g/mol. The van der Waals surface area contributed by atoms with Crippen molar-refractivity contribution in [2.45, 2.75) is 80.1 Å². The quantitative estimate of drug-likeness (QED) is 0.405. The van der Waals surface area contributed by atoms with Gasteiger partial charge in [0, 0.05) is 12.8 Å². The lowest BCUT2D eigenvalue weighted by Gasteiger charge is -2.22. The van der Waals surface area contributed by atoms with Gasteiger partial charge >= 0.3 is 11.9 Å². The third kappa shape index (κ3) is 15.6. The SMILES string of the molecule is CC(C)COC(=O)CCCCC(=O)OCCC(C)CC(C)(C)C. The smallest absolute Gasteiger partial charge is 0.305 e. The second-order valence-corrected chi connectivity index (χ2v) is 8.16. The third-order valence-electron chi connectivity index (χ3n) is 3.42. The second kappa shape index (κ2) is 11.5. The molecular formula is C19H36O4. The molecule has 0 amide bonds. The van der Waals surface area contributed by atoms with Crippen LogP contribution in [0.1, 0.15) is 80.1 Å². The minimum absolute atomic E-state index is 0.163. The van der Waals surface area contributed by atoms with Crippen molar-refractivity contribution in [3.8, 4) is 0 Å². The van der Waals surface area contributed by atoms with Gasteiger partial charge in [-0.05, 0) is 42.9 Å². The summed E-state index contributed by atoms with van der Waals surface area (Å²) in [5.74, 6) is 0.569. The van der Waals surface area contributed by atoms with E-state index in [2.05, 4.69) is 27.7 Å². The van der Waals surface area contributed by atoms with Crippen molar-refractivity contribution in [3.63, 3.8) is 0 Å². The Morgan fingerprint density at radius 2 is 1.43 bits per heavy atom. The van der Waals surface area contributed by atoms with Crippen LogP contribution in [0.4, 0.5) is 0 Å². The predicted molar refractivity (Wildman–Crippen MR) is 93.1 cm³/mol. The number of esters is 2. The summed E-state index contributed by atoms with van der Waals surface area (Å²) >= 11 is 0.